The molecule has 0 atom stereocenters. The minimum Gasteiger partial charge on any atom is -0.446 e. The molecule has 32 heavy (non-hydrogen) atoms. The fraction of sp³-hybridized carbons (Fsp3) is 0.304. The van der Waals surface area contributed by atoms with Gasteiger partial charge in [0.05, 0.1) is 27.5 Å². The second kappa shape index (κ2) is 7.90. The molecule has 4 aromatic rings. The summed E-state index contributed by atoms with van der Waals surface area (Å²) in [5.41, 5.74) is 1.87. The average Bonchev–Trinajstić information content (AvgIpc) is 3.38. The Labute approximate surface area is 188 Å². The fourth-order valence-electron chi connectivity index (χ4n) is 3.39. The van der Waals surface area contributed by atoms with E-state index in [0.29, 0.717) is 33.4 Å². The predicted octanol–water partition coefficient (Wildman–Crippen LogP) is 5.71. The van der Waals surface area contributed by atoms with E-state index >= 15 is 0 Å². The summed E-state index contributed by atoms with van der Waals surface area (Å²) >= 11 is 1.40. The highest BCUT2D eigenvalue weighted by Gasteiger charge is 2.27. The summed E-state index contributed by atoms with van der Waals surface area (Å²) in [7, 11) is 0. The van der Waals surface area contributed by atoms with Gasteiger partial charge in [-0.1, -0.05) is 0 Å². The Morgan fingerprint density at radius 3 is 2.50 bits per heavy atom. The Hall–Kier alpha value is -3.46. The molecular formula is C23H23N3O5S. The van der Waals surface area contributed by atoms with E-state index in [1.54, 1.807) is 65.0 Å². The second-order valence-corrected chi connectivity index (χ2v) is 9.53. The number of hydrogen-bond donors (Lipinski definition) is 0. The Kier molecular flexibility index (Phi) is 5.37. The van der Waals surface area contributed by atoms with E-state index in [1.807, 2.05) is 5.38 Å². The number of carbonyl (C=O) groups is 3. The highest BCUT2D eigenvalue weighted by molar-refractivity contribution is 7.17. The molecule has 1 aromatic carbocycles. The Morgan fingerprint density at radius 2 is 1.84 bits per heavy atom. The molecule has 4 rings (SSSR count). The van der Waals surface area contributed by atoms with Crippen molar-refractivity contribution in [1.82, 2.24) is 14.3 Å². The van der Waals surface area contributed by atoms with Crippen molar-refractivity contribution in [2.45, 2.75) is 46.3 Å². The number of aldehydes is 1. The van der Waals surface area contributed by atoms with Gasteiger partial charge in [0.15, 0.2) is 0 Å². The van der Waals surface area contributed by atoms with Crippen LogP contribution in [0, 0.1) is 0 Å². The van der Waals surface area contributed by atoms with Crippen molar-refractivity contribution < 1.29 is 23.9 Å². The molecule has 0 N–H and O–H groups in total. The van der Waals surface area contributed by atoms with Gasteiger partial charge in [-0.05, 0) is 70.3 Å². The highest BCUT2D eigenvalue weighted by Crippen LogP contribution is 2.36. The topological polar surface area (TPSA) is 92.4 Å². The summed E-state index contributed by atoms with van der Waals surface area (Å²) in [6.45, 7) is 8.88. The van der Waals surface area contributed by atoms with Crippen molar-refractivity contribution in [3.8, 4) is 11.4 Å². The Balaban J connectivity index is 1.95. The average molecular weight is 454 g/mol. The zero-order chi connectivity index (χ0) is 23.2. The van der Waals surface area contributed by atoms with E-state index in [9.17, 15) is 14.4 Å². The van der Waals surface area contributed by atoms with Crippen LogP contribution in [0.3, 0.4) is 0 Å². The molecule has 0 aliphatic carbocycles. The molecule has 0 fully saturated rings. The summed E-state index contributed by atoms with van der Waals surface area (Å²) in [4.78, 5) is 37.1. The number of fused-ring (bicyclic) bond motifs is 2. The molecule has 3 aromatic heterocycles. The molecule has 9 heteroatoms. The third-order valence-electron chi connectivity index (χ3n) is 4.58. The van der Waals surface area contributed by atoms with Gasteiger partial charge < -0.3 is 9.47 Å². The van der Waals surface area contributed by atoms with E-state index in [2.05, 4.69) is 5.10 Å². The van der Waals surface area contributed by atoms with E-state index in [-0.39, 0.29) is 6.10 Å². The van der Waals surface area contributed by atoms with Gasteiger partial charge in [0.2, 0.25) is 0 Å². The largest absolute Gasteiger partial charge is 0.446 e. The highest BCUT2D eigenvalue weighted by atomic mass is 32.1. The monoisotopic (exact) mass is 453 g/mol. The maximum absolute atomic E-state index is 13.0. The predicted molar refractivity (Wildman–Crippen MR) is 123 cm³/mol. The van der Waals surface area contributed by atoms with Gasteiger partial charge in [-0.15, -0.1) is 11.3 Å². The molecule has 0 unspecified atom stereocenters. The van der Waals surface area contributed by atoms with Crippen molar-refractivity contribution in [1.29, 1.82) is 0 Å². The molecule has 8 nitrogen and oxygen atoms in total. The quantitative estimate of drug-likeness (QED) is 0.369. The van der Waals surface area contributed by atoms with Crippen LogP contribution in [-0.2, 0) is 9.47 Å². The smallest absolute Gasteiger partial charge is 0.435 e. The summed E-state index contributed by atoms with van der Waals surface area (Å²) in [5, 5.41) is 7.05. The van der Waals surface area contributed by atoms with Crippen LogP contribution in [-0.4, -0.2) is 44.5 Å². The second-order valence-electron chi connectivity index (χ2n) is 8.61. The minimum atomic E-state index is -0.688. The van der Waals surface area contributed by atoms with E-state index < -0.39 is 17.8 Å². The molecule has 0 saturated heterocycles. The number of nitrogens with zero attached hydrogens (tertiary/aromatic N) is 3. The number of thiophene rings is 1. The number of benzene rings is 1. The Morgan fingerprint density at radius 1 is 1.09 bits per heavy atom. The van der Waals surface area contributed by atoms with Gasteiger partial charge in [-0.2, -0.15) is 9.78 Å². The minimum absolute atomic E-state index is 0.330. The van der Waals surface area contributed by atoms with Gasteiger partial charge in [0.25, 0.3) is 0 Å². The zero-order valence-electron chi connectivity index (χ0n) is 18.4. The lowest BCUT2D eigenvalue weighted by molar-refractivity contribution is 0.0523. The lowest BCUT2D eigenvalue weighted by Crippen LogP contribution is -2.27. The van der Waals surface area contributed by atoms with E-state index in [1.165, 1.54) is 20.6 Å². The van der Waals surface area contributed by atoms with Crippen molar-refractivity contribution in [3.05, 3.63) is 41.3 Å². The Bertz CT molecular complexity index is 1350. The third kappa shape index (κ3) is 3.91. The fourth-order valence-corrected chi connectivity index (χ4v) is 4.26. The third-order valence-corrected chi connectivity index (χ3v) is 5.49. The maximum Gasteiger partial charge on any atom is 0.435 e. The van der Waals surface area contributed by atoms with E-state index in [0.717, 1.165) is 11.0 Å². The van der Waals surface area contributed by atoms with Crippen LogP contribution in [0.4, 0.5) is 9.59 Å². The first-order chi connectivity index (χ1) is 15.1. The van der Waals surface area contributed by atoms with Crippen LogP contribution < -0.4 is 0 Å². The first kappa shape index (κ1) is 21.8. The van der Waals surface area contributed by atoms with Crippen molar-refractivity contribution in [2.24, 2.45) is 0 Å². The molecule has 0 radical (unpaired) electrons. The molecule has 3 heterocycles. The molecule has 0 amide bonds. The van der Waals surface area contributed by atoms with E-state index in [4.69, 9.17) is 9.47 Å². The number of hydrogen-bond acceptors (Lipinski definition) is 7. The normalized spacial score (nSPS) is 11.9. The molecule has 0 aliphatic heterocycles. The maximum atomic E-state index is 13.0. The van der Waals surface area contributed by atoms with Crippen LogP contribution in [0.1, 0.15) is 45.0 Å². The summed E-state index contributed by atoms with van der Waals surface area (Å²) in [6, 6.07) is 8.58. The molecule has 0 spiro atoms. The van der Waals surface area contributed by atoms with Crippen molar-refractivity contribution in [3.63, 3.8) is 0 Å². The first-order valence-electron chi connectivity index (χ1n) is 10.1. The standard InChI is InChI=1S/C23H23N3O5S/c1-13(2)30-21(28)25-16-7-6-14(12-27)10-15(16)11-18(25)19-20-17(8-9-32-20)26(24-19)22(29)31-23(3,4)5/h6-13H,1-5H3. The summed E-state index contributed by atoms with van der Waals surface area (Å²) in [6.07, 6.45) is -0.760. The first-order valence-corrected chi connectivity index (χ1v) is 11.0. The van der Waals surface area contributed by atoms with Gasteiger partial charge in [0, 0.05) is 10.9 Å². The van der Waals surface area contributed by atoms with Gasteiger partial charge in [0.1, 0.15) is 17.6 Å². The SMILES string of the molecule is CC(C)OC(=O)n1c(-c2nn(C(=O)OC(C)(C)C)c3ccsc23)cc2cc(C=O)ccc21. The molecule has 166 valence electrons. The van der Waals surface area contributed by atoms with Crippen LogP contribution >= 0.6 is 11.3 Å². The van der Waals surface area contributed by atoms with Gasteiger partial charge in [-0.25, -0.2) is 14.2 Å². The molecule has 0 bridgehead atoms. The summed E-state index contributed by atoms with van der Waals surface area (Å²) in [5.74, 6) is 0. The number of carbonyl (C=O) groups excluding carboxylic acids is 3. The van der Waals surface area contributed by atoms with Gasteiger partial charge in [-0.3, -0.25) is 4.79 Å². The van der Waals surface area contributed by atoms with Crippen molar-refractivity contribution in [2.75, 3.05) is 0 Å². The molecular weight excluding hydrogens is 430 g/mol. The van der Waals surface area contributed by atoms with Crippen molar-refractivity contribution >= 4 is 50.9 Å². The lowest BCUT2D eigenvalue weighted by atomic mass is 10.2. The number of rotatable bonds is 3. The van der Waals surface area contributed by atoms with Crippen LogP contribution in [0.25, 0.3) is 32.5 Å². The number of ether oxygens (including phenoxy) is 2. The zero-order valence-corrected chi connectivity index (χ0v) is 19.2. The number of aromatic nitrogens is 3. The van der Waals surface area contributed by atoms with Crippen LogP contribution in [0.5, 0.6) is 0 Å². The molecule has 0 aliphatic rings. The lowest BCUT2D eigenvalue weighted by Gasteiger charge is -2.19. The van der Waals surface area contributed by atoms with Crippen LogP contribution in [0.15, 0.2) is 35.7 Å². The van der Waals surface area contributed by atoms with Gasteiger partial charge >= 0.3 is 12.2 Å². The molecule has 0 saturated carbocycles. The van der Waals surface area contributed by atoms with Crippen LogP contribution in [0.2, 0.25) is 0 Å². The summed E-state index contributed by atoms with van der Waals surface area (Å²) < 4.78 is 14.3.